The third-order valence-electron chi connectivity index (χ3n) is 0.552. The van der Waals surface area contributed by atoms with Gasteiger partial charge in [-0.3, -0.25) is 0 Å². The first kappa shape index (κ1) is 8.98. The molecule has 1 heterocycles. The van der Waals surface area contributed by atoms with Crippen molar-refractivity contribution in [2.45, 2.75) is 0 Å². The van der Waals surface area contributed by atoms with Gasteiger partial charge in [0, 0.05) is 12.4 Å². The third-order valence-corrected chi connectivity index (χ3v) is 0.552. The van der Waals surface area contributed by atoms with Crippen molar-refractivity contribution >= 4 is 13.6 Å². The van der Waals surface area contributed by atoms with Gasteiger partial charge in [-0.15, -0.1) is 0 Å². The zero-order valence-electron chi connectivity index (χ0n) is 4.31. The quantitative estimate of drug-likeness (QED) is 0.720. The van der Waals surface area contributed by atoms with E-state index in [0.29, 0.717) is 0 Å². The van der Waals surface area contributed by atoms with Crippen LogP contribution >= 0.6 is 13.6 Å². The van der Waals surface area contributed by atoms with Gasteiger partial charge in [0.1, 0.15) is 0 Å². The van der Waals surface area contributed by atoms with E-state index in [9.17, 15) is 0 Å². The summed E-state index contributed by atoms with van der Waals surface area (Å²) in [5.41, 5.74) is 0. The Morgan fingerprint density at radius 1 is 1.33 bits per heavy atom. The fourth-order valence-electron chi connectivity index (χ4n) is 0.291. The van der Waals surface area contributed by atoms with Crippen LogP contribution in [0.4, 0.5) is 0 Å². The maximum absolute atomic E-state index is 8.41. The van der Waals surface area contributed by atoms with E-state index in [2.05, 4.69) is 39.9 Å². The molecular formula is C4H4BrN2ORu. The molecule has 0 spiro atoms. The number of rotatable bonds is 0. The molecule has 1 aromatic rings. The van der Waals surface area contributed by atoms with Crippen LogP contribution in [-0.4, -0.2) is 15.1 Å². The van der Waals surface area contributed by atoms with Gasteiger partial charge in [-0.2, -0.15) is 0 Å². The van der Waals surface area contributed by atoms with Crippen molar-refractivity contribution < 1.29 is 21.4 Å². The summed E-state index contributed by atoms with van der Waals surface area (Å²) in [7, 11) is 0. The molecule has 0 radical (unpaired) electrons. The number of nitrogens with zero attached hydrogens (tertiary/aromatic N) is 2. The Labute approximate surface area is 69.6 Å². The summed E-state index contributed by atoms with van der Waals surface area (Å²) in [4.78, 5) is 6.85. The van der Waals surface area contributed by atoms with Crippen molar-refractivity contribution in [2.24, 2.45) is 0 Å². The number of halogens is 1. The predicted molar refractivity (Wildman–Crippen MR) is 32.6 cm³/mol. The topological polar surface area (TPSA) is 46.0 Å². The molecule has 0 aromatic carbocycles. The molecule has 3 nitrogen and oxygen atoms in total. The molecule has 0 saturated heterocycles. The van der Waals surface area contributed by atoms with Gasteiger partial charge in [-0.1, -0.05) is 0 Å². The summed E-state index contributed by atoms with van der Waals surface area (Å²) in [6.07, 6.45) is 2.95. The van der Waals surface area contributed by atoms with Gasteiger partial charge in [0.15, 0.2) is 0 Å². The number of aromatic hydroxyl groups is 1. The fraction of sp³-hybridized carbons (Fsp3) is 0. The molecule has 0 bridgehead atoms. The number of hydrogen-bond acceptors (Lipinski definition) is 3. The van der Waals surface area contributed by atoms with E-state index >= 15 is 0 Å². The van der Waals surface area contributed by atoms with Crippen LogP contribution in [0.1, 0.15) is 0 Å². The second-order valence-electron chi connectivity index (χ2n) is 1.05. The van der Waals surface area contributed by atoms with E-state index in [1.807, 2.05) is 0 Å². The van der Waals surface area contributed by atoms with E-state index in [1.54, 1.807) is 6.07 Å². The summed E-state index contributed by atoms with van der Waals surface area (Å²) >= 11 is 5.03. The van der Waals surface area contributed by atoms with Gasteiger partial charge < -0.3 is 5.11 Å². The molecule has 0 unspecified atom stereocenters. The van der Waals surface area contributed by atoms with Crippen molar-refractivity contribution in [3.8, 4) is 6.01 Å². The van der Waals surface area contributed by atoms with Gasteiger partial charge >= 0.3 is 36.0 Å². The minimum atomic E-state index is -0.178. The SMILES string of the molecule is Oc1ncccn1.[Br][Ru]. The van der Waals surface area contributed by atoms with E-state index in [0.717, 1.165) is 0 Å². The first-order valence-corrected chi connectivity index (χ1v) is 5.96. The molecule has 5 heteroatoms. The van der Waals surface area contributed by atoms with Crippen LogP contribution in [0, 0.1) is 0 Å². The van der Waals surface area contributed by atoms with Crippen molar-refractivity contribution in [1.29, 1.82) is 0 Å². The van der Waals surface area contributed by atoms with Crippen LogP contribution < -0.4 is 0 Å². The summed E-state index contributed by atoms with van der Waals surface area (Å²) < 4.78 is 0. The van der Waals surface area contributed by atoms with E-state index in [-0.39, 0.29) is 6.01 Å². The normalized spacial score (nSPS) is 7.33. The molecule has 0 amide bonds. The summed E-state index contributed by atoms with van der Waals surface area (Å²) in [6, 6.07) is 1.46. The maximum atomic E-state index is 8.41. The van der Waals surface area contributed by atoms with Gasteiger partial charge in [-0.25, -0.2) is 9.97 Å². The third kappa shape index (κ3) is 4.48. The van der Waals surface area contributed by atoms with E-state index in [1.165, 1.54) is 12.4 Å². The Hall–Kier alpha value is -0.0166. The first-order valence-electron chi connectivity index (χ1n) is 1.99. The van der Waals surface area contributed by atoms with Crippen LogP contribution in [0.5, 0.6) is 6.01 Å². The Morgan fingerprint density at radius 2 is 1.78 bits per heavy atom. The Morgan fingerprint density at radius 3 is 2.00 bits per heavy atom. The van der Waals surface area contributed by atoms with E-state index < -0.39 is 0 Å². The van der Waals surface area contributed by atoms with Crippen molar-refractivity contribution in [1.82, 2.24) is 9.97 Å². The monoisotopic (exact) mass is 277 g/mol. The number of hydrogen-bond donors (Lipinski definition) is 1. The Kier molecular flexibility index (Phi) is 6.10. The second kappa shape index (κ2) is 6.11. The van der Waals surface area contributed by atoms with Crippen molar-refractivity contribution in [3.63, 3.8) is 0 Å². The first-order chi connectivity index (χ1) is 4.39. The fourth-order valence-corrected chi connectivity index (χ4v) is 0.291. The Bertz CT molecular complexity index is 148. The van der Waals surface area contributed by atoms with Gasteiger partial charge in [0.05, 0.1) is 0 Å². The molecule has 0 fully saturated rings. The summed E-state index contributed by atoms with van der Waals surface area (Å²) in [6.45, 7) is 0. The van der Waals surface area contributed by atoms with Crippen LogP contribution in [0.25, 0.3) is 0 Å². The molecular weight excluding hydrogens is 273 g/mol. The second-order valence-corrected chi connectivity index (χ2v) is 1.05. The van der Waals surface area contributed by atoms with Crippen LogP contribution in [0.2, 0.25) is 0 Å². The van der Waals surface area contributed by atoms with Gasteiger partial charge in [0.2, 0.25) is 0 Å². The average molecular weight is 277 g/mol. The molecule has 0 aliphatic rings. The Balaban J connectivity index is 0.000000291. The van der Waals surface area contributed by atoms with E-state index in [4.69, 9.17) is 5.11 Å². The summed E-state index contributed by atoms with van der Waals surface area (Å²) in [5.74, 6) is 0. The molecule has 1 rings (SSSR count). The molecule has 0 aliphatic carbocycles. The predicted octanol–water partition coefficient (Wildman–Crippen LogP) is 1.03. The van der Waals surface area contributed by atoms with Crippen molar-refractivity contribution in [3.05, 3.63) is 18.5 Å². The van der Waals surface area contributed by atoms with Crippen molar-refractivity contribution in [2.75, 3.05) is 0 Å². The van der Waals surface area contributed by atoms with Crippen LogP contribution in [-0.2, 0) is 16.3 Å². The molecule has 0 saturated carbocycles. The molecule has 1 N–H and O–H groups in total. The zero-order valence-corrected chi connectivity index (χ0v) is 7.63. The van der Waals surface area contributed by atoms with Crippen LogP contribution in [0.15, 0.2) is 18.5 Å². The average Bonchev–Trinajstić information content (AvgIpc) is 1.94. The molecule has 9 heavy (non-hydrogen) atoms. The molecule has 1 aromatic heterocycles. The number of aromatic nitrogens is 2. The zero-order chi connectivity index (χ0) is 7.11. The standard InChI is InChI=1S/C4H4N2O.BrH.Ru/c7-4-5-2-1-3-6-4;;/h1-3H,(H,5,6,7);1H;/q;;+1/p-1. The minimum absolute atomic E-state index is 0.178. The molecule has 51 valence electrons. The molecule has 0 atom stereocenters. The van der Waals surface area contributed by atoms with Gasteiger partial charge in [0.25, 0.3) is 0 Å². The van der Waals surface area contributed by atoms with Gasteiger partial charge in [-0.05, 0) is 6.07 Å². The summed E-state index contributed by atoms with van der Waals surface area (Å²) in [5, 5.41) is 8.41. The van der Waals surface area contributed by atoms with Crippen LogP contribution in [0.3, 0.4) is 0 Å². The molecule has 0 aliphatic heterocycles.